The van der Waals surface area contributed by atoms with Crippen LogP contribution in [0.2, 0.25) is 0 Å². The van der Waals surface area contributed by atoms with Crippen molar-refractivity contribution >= 4 is 5.69 Å². The highest BCUT2D eigenvalue weighted by Crippen LogP contribution is 2.21. The van der Waals surface area contributed by atoms with Crippen LogP contribution >= 0.6 is 0 Å². The number of aromatic nitrogens is 3. The van der Waals surface area contributed by atoms with Crippen molar-refractivity contribution in [1.82, 2.24) is 15.1 Å². The Bertz CT molecular complexity index is 738. The van der Waals surface area contributed by atoms with Gasteiger partial charge in [-0.2, -0.15) is 0 Å². The van der Waals surface area contributed by atoms with E-state index < -0.39 is 0 Å². The zero-order valence-corrected chi connectivity index (χ0v) is 12.4. The summed E-state index contributed by atoms with van der Waals surface area (Å²) in [6.45, 7) is 6.56. The van der Waals surface area contributed by atoms with Gasteiger partial charge < -0.3 is 14.8 Å². The molecule has 0 radical (unpaired) electrons. The first kappa shape index (κ1) is 13.4. The van der Waals surface area contributed by atoms with E-state index in [-0.39, 0.29) is 0 Å². The van der Waals surface area contributed by atoms with Crippen LogP contribution in [0, 0.1) is 20.8 Å². The Morgan fingerprint density at radius 1 is 1.19 bits per heavy atom. The molecule has 3 rings (SSSR count). The average molecular weight is 282 g/mol. The van der Waals surface area contributed by atoms with Crippen LogP contribution < -0.4 is 5.32 Å². The third-order valence-corrected chi connectivity index (χ3v) is 3.41. The summed E-state index contributed by atoms with van der Waals surface area (Å²) in [4.78, 5) is 7.83. The second kappa shape index (κ2) is 5.44. The molecule has 2 heterocycles. The Balaban J connectivity index is 1.76. The van der Waals surface area contributed by atoms with Crippen molar-refractivity contribution in [3.05, 3.63) is 53.2 Å². The summed E-state index contributed by atoms with van der Waals surface area (Å²) in [7, 11) is 0. The van der Waals surface area contributed by atoms with Crippen LogP contribution in [0.3, 0.4) is 0 Å². The molecule has 1 aromatic carbocycles. The zero-order valence-electron chi connectivity index (χ0n) is 12.4. The second-order valence-corrected chi connectivity index (χ2v) is 5.16. The summed E-state index contributed by atoms with van der Waals surface area (Å²) < 4.78 is 5.06. The highest BCUT2D eigenvalue weighted by Gasteiger charge is 2.06. The molecule has 0 amide bonds. The molecule has 5 heteroatoms. The zero-order chi connectivity index (χ0) is 14.8. The lowest BCUT2D eigenvalue weighted by Gasteiger charge is -2.05. The van der Waals surface area contributed by atoms with Crippen molar-refractivity contribution in [2.24, 2.45) is 0 Å². The van der Waals surface area contributed by atoms with Crippen LogP contribution in [0.15, 0.2) is 34.9 Å². The Morgan fingerprint density at radius 2 is 2.05 bits per heavy atom. The summed E-state index contributed by atoms with van der Waals surface area (Å²) in [6, 6.07) is 10.1. The SMILES string of the molecule is Cc1cc(CNc2cccc(-c3nc(C)c(C)[nH]3)c2)no1. The Hall–Kier alpha value is -2.56. The Kier molecular flexibility index (Phi) is 3.48. The highest BCUT2D eigenvalue weighted by molar-refractivity contribution is 5.63. The number of hydrogen-bond acceptors (Lipinski definition) is 4. The largest absolute Gasteiger partial charge is 0.379 e. The minimum Gasteiger partial charge on any atom is -0.379 e. The fourth-order valence-corrected chi connectivity index (χ4v) is 2.15. The van der Waals surface area contributed by atoms with Crippen LogP contribution in [0.4, 0.5) is 5.69 Å². The third kappa shape index (κ3) is 2.97. The first-order valence-corrected chi connectivity index (χ1v) is 6.91. The molecule has 2 aromatic heterocycles. The number of anilines is 1. The molecule has 0 aliphatic rings. The molecule has 108 valence electrons. The summed E-state index contributed by atoms with van der Waals surface area (Å²) in [6.07, 6.45) is 0. The Labute approximate surface area is 123 Å². The molecule has 3 aromatic rings. The van der Waals surface area contributed by atoms with Gasteiger partial charge >= 0.3 is 0 Å². The monoisotopic (exact) mass is 282 g/mol. The van der Waals surface area contributed by atoms with Gasteiger partial charge in [-0.1, -0.05) is 17.3 Å². The number of nitrogens with one attached hydrogen (secondary N) is 2. The number of benzene rings is 1. The molecule has 0 unspecified atom stereocenters. The van der Waals surface area contributed by atoms with E-state index in [4.69, 9.17) is 4.52 Å². The van der Waals surface area contributed by atoms with E-state index >= 15 is 0 Å². The van der Waals surface area contributed by atoms with Gasteiger partial charge in [0, 0.05) is 23.0 Å². The molecule has 5 nitrogen and oxygen atoms in total. The van der Waals surface area contributed by atoms with E-state index in [0.29, 0.717) is 6.54 Å². The van der Waals surface area contributed by atoms with Crippen LogP contribution in [-0.2, 0) is 6.54 Å². The van der Waals surface area contributed by atoms with Gasteiger partial charge in [-0.3, -0.25) is 0 Å². The predicted octanol–water partition coefficient (Wildman–Crippen LogP) is 3.60. The maximum atomic E-state index is 5.06. The average Bonchev–Trinajstić information content (AvgIpc) is 3.04. The molecule has 0 atom stereocenters. The number of H-pyrrole nitrogens is 1. The van der Waals surface area contributed by atoms with E-state index in [1.165, 1.54) is 0 Å². The van der Waals surface area contributed by atoms with E-state index in [2.05, 4.69) is 26.5 Å². The first-order chi connectivity index (χ1) is 10.1. The van der Waals surface area contributed by atoms with Crippen molar-refractivity contribution in [3.8, 4) is 11.4 Å². The number of nitrogens with zero attached hydrogens (tertiary/aromatic N) is 2. The number of hydrogen-bond donors (Lipinski definition) is 2. The molecule has 0 saturated heterocycles. The predicted molar refractivity (Wildman–Crippen MR) is 82.1 cm³/mol. The van der Waals surface area contributed by atoms with E-state index in [1.54, 1.807) is 0 Å². The number of aromatic amines is 1. The molecule has 0 aliphatic carbocycles. The number of rotatable bonds is 4. The highest BCUT2D eigenvalue weighted by atomic mass is 16.5. The lowest BCUT2D eigenvalue weighted by molar-refractivity contribution is 0.391. The van der Waals surface area contributed by atoms with Crippen LogP contribution in [-0.4, -0.2) is 15.1 Å². The van der Waals surface area contributed by atoms with Gasteiger partial charge in [0.2, 0.25) is 0 Å². The van der Waals surface area contributed by atoms with Gasteiger partial charge in [-0.25, -0.2) is 4.98 Å². The second-order valence-electron chi connectivity index (χ2n) is 5.16. The lowest BCUT2D eigenvalue weighted by Crippen LogP contribution is -1.99. The number of imidazole rings is 1. The lowest BCUT2D eigenvalue weighted by atomic mass is 10.2. The first-order valence-electron chi connectivity index (χ1n) is 6.91. The van der Waals surface area contributed by atoms with Gasteiger partial charge in [-0.05, 0) is 32.9 Å². The van der Waals surface area contributed by atoms with Crippen molar-refractivity contribution < 1.29 is 4.52 Å². The van der Waals surface area contributed by atoms with Crippen LogP contribution in [0.25, 0.3) is 11.4 Å². The van der Waals surface area contributed by atoms with Gasteiger partial charge in [0.25, 0.3) is 0 Å². The van der Waals surface area contributed by atoms with Gasteiger partial charge in [0.05, 0.1) is 12.2 Å². The van der Waals surface area contributed by atoms with Crippen molar-refractivity contribution in [2.45, 2.75) is 27.3 Å². The number of aryl methyl sites for hydroxylation is 3. The summed E-state index contributed by atoms with van der Waals surface area (Å²) in [5.41, 5.74) is 5.11. The topological polar surface area (TPSA) is 66.7 Å². The standard InChI is InChI=1S/C16H18N4O/c1-10-7-15(20-21-10)9-17-14-6-4-5-13(8-14)16-18-11(2)12(3)19-16/h4-8,17H,9H2,1-3H3,(H,18,19). The molecule has 0 fully saturated rings. The molecule has 21 heavy (non-hydrogen) atoms. The molecule has 0 spiro atoms. The van der Waals surface area contributed by atoms with Crippen molar-refractivity contribution in [2.75, 3.05) is 5.32 Å². The van der Waals surface area contributed by atoms with E-state index in [1.807, 2.05) is 45.0 Å². The minimum atomic E-state index is 0.636. The minimum absolute atomic E-state index is 0.636. The molecule has 2 N–H and O–H groups in total. The van der Waals surface area contributed by atoms with Crippen LogP contribution in [0.1, 0.15) is 22.8 Å². The third-order valence-electron chi connectivity index (χ3n) is 3.41. The molecule has 0 bridgehead atoms. The fraction of sp³-hybridized carbons (Fsp3) is 0.250. The van der Waals surface area contributed by atoms with Crippen molar-refractivity contribution in [1.29, 1.82) is 0 Å². The molecular formula is C16H18N4O. The van der Waals surface area contributed by atoms with Gasteiger partial charge in [0.15, 0.2) is 0 Å². The van der Waals surface area contributed by atoms with Crippen molar-refractivity contribution in [3.63, 3.8) is 0 Å². The van der Waals surface area contributed by atoms with Gasteiger partial charge in [-0.15, -0.1) is 0 Å². The fourth-order valence-electron chi connectivity index (χ4n) is 2.15. The molecule has 0 saturated carbocycles. The smallest absolute Gasteiger partial charge is 0.137 e. The summed E-state index contributed by atoms with van der Waals surface area (Å²) in [5.74, 6) is 1.72. The normalized spacial score (nSPS) is 10.8. The summed E-state index contributed by atoms with van der Waals surface area (Å²) >= 11 is 0. The quantitative estimate of drug-likeness (QED) is 0.767. The van der Waals surface area contributed by atoms with E-state index in [9.17, 15) is 0 Å². The maximum absolute atomic E-state index is 5.06. The van der Waals surface area contributed by atoms with Crippen LogP contribution in [0.5, 0.6) is 0 Å². The van der Waals surface area contributed by atoms with E-state index in [0.717, 1.165) is 39.9 Å². The Morgan fingerprint density at radius 3 is 2.71 bits per heavy atom. The molecule has 0 aliphatic heterocycles. The van der Waals surface area contributed by atoms with Gasteiger partial charge in [0.1, 0.15) is 17.3 Å². The molecular weight excluding hydrogens is 264 g/mol. The maximum Gasteiger partial charge on any atom is 0.137 e. The summed E-state index contributed by atoms with van der Waals surface area (Å²) in [5, 5.41) is 7.31.